The van der Waals surface area contributed by atoms with E-state index in [-0.39, 0.29) is 0 Å². The molecule has 4 aromatic rings. The second-order valence-electron chi connectivity index (χ2n) is 10.1. The van der Waals surface area contributed by atoms with Gasteiger partial charge in [-0.15, -0.1) is 11.3 Å². The highest BCUT2D eigenvalue weighted by Gasteiger charge is 2.32. The average molecular weight is 550 g/mol. The summed E-state index contributed by atoms with van der Waals surface area (Å²) < 4.78 is 12.4. The molecule has 1 unspecified atom stereocenters. The van der Waals surface area contributed by atoms with E-state index in [0.29, 0.717) is 35.3 Å². The Morgan fingerprint density at radius 2 is 1.95 bits per heavy atom. The molecule has 1 N–H and O–H groups in total. The number of nitrogens with zero attached hydrogens (tertiary/aromatic N) is 3. The van der Waals surface area contributed by atoms with Crippen LogP contribution in [0.4, 0.5) is 0 Å². The van der Waals surface area contributed by atoms with Crippen LogP contribution in [-0.2, 0) is 14.3 Å². The number of carboxylic acids is 1. The molecule has 0 amide bonds. The molecule has 0 aliphatic carbocycles. The summed E-state index contributed by atoms with van der Waals surface area (Å²) in [4.78, 5) is 26.7. The van der Waals surface area contributed by atoms with Crippen molar-refractivity contribution in [2.45, 2.75) is 45.8 Å². The summed E-state index contributed by atoms with van der Waals surface area (Å²) in [6.45, 7) is 8.65. The van der Waals surface area contributed by atoms with E-state index in [0.717, 1.165) is 43.9 Å². The van der Waals surface area contributed by atoms with Crippen LogP contribution in [0.1, 0.15) is 50.2 Å². The SMILES string of the molecule is Cc1cc2nc(-c3ccnc(C4=CCOCC4)n3)sc2c(-c2ccc(Cl)cc2)c1C(OC(C)(C)C)C(=O)O. The minimum absolute atomic E-state index is 0.554. The summed E-state index contributed by atoms with van der Waals surface area (Å²) in [7, 11) is 0. The van der Waals surface area contributed by atoms with Crippen LogP contribution in [0, 0.1) is 6.92 Å². The van der Waals surface area contributed by atoms with Gasteiger partial charge in [-0.2, -0.15) is 0 Å². The molecule has 0 saturated carbocycles. The quantitative estimate of drug-likeness (QED) is 0.273. The van der Waals surface area contributed by atoms with Crippen molar-refractivity contribution in [2.24, 2.45) is 0 Å². The lowest BCUT2D eigenvalue weighted by Crippen LogP contribution is -2.28. The van der Waals surface area contributed by atoms with Crippen molar-refractivity contribution in [2.75, 3.05) is 13.2 Å². The molecule has 1 aliphatic heterocycles. The molecular formula is C29H28ClN3O4S. The standard InChI is InChI=1S/C29H28ClN3O4S/c1-16-15-21-25(38-27(33-21)20-9-12-31-26(32-20)18-10-13-36-14-11-18)23(17-5-7-19(30)8-6-17)22(16)24(28(34)35)37-29(2,3)4/h5-10,12,15,24H,11,13-14H2,1-4H3,(H,34,35). The fourth-order valence-electron chi connectivity index (χ4n) is 4.51. The van der Waals surface area contributed by atoms with E-state index >= 15 is 0 Å². The largest absolute Gasteiger partial charge is 0.479 e. The zero-order valence-corrected chi connectivity index (χ0v) is 23.2. The van der Waals surface area contributed by atoms with Gasteiger partial charge in [0.15, 0.2) is 11.9 Å². The van der Waals surface area contributed by atoms with Gasteiger partial charge in [0.25, 0.3) is 0 Å². The van der Waals surface area contributed by atoms with Crippen molar-refractivity contribution in [1.29, 1.82) is 0 Å². The van der Waals surface area contributed by atoms with Gasteiger partial charge >= 0.3 is 5.97 Å². The molecule has 1 aliphatic rings. The number of fused-ring (bicyclic) bond motifs is 1. The number of benzene rings is 2. The summed E-state index contributed by atoms with van der Waals surface area (Å²) in [5, 5.41) is 11.6. The zero-order chi connectivity index (χ0) is 27.0. The van der Waals surface area contributed by atoms with Crippen LogP contribution < -0.4 is 0 Å². The van der Waals surface area contributed by atoms with E-state index in [1.807, 2.05) is 58.0 Å². The molecule has 5 rings (SSSR count). The van der Waals surface area contributed by atoms with Gasteiger partial charge in [0.1, 0.15) is 10.7 Å². The Kier molecular flexibility index (Phi) is 7.33. The van der Waals surface area contributed by atoms with Crippen molar-refractivity contribution in [1.82, 2.24) is 15.0 Å². The molecule has 2 aromatic carbocycles. The maximum absolute atomic E-state index is 12.5. The number of halogens is 1. The van der Waals surface area contributed by atoms with Crippen LogP contribution in [0.15, 0.2) is 48.7 Å². The van der Waals surface area contributed by atoms with Gasteiger partial charge in [0.2, 0.25) is 0 Å². The third-order valence-electron chi connectivity index (χ3n) is 6.14. The number of hydrogen-bond acceptors (Lipinski definition) is 7. The maximum Gasteiger partial charge on any atom is 0.337 e. The highest BCUT2D eigenvalue weighted by Crippen LogP contribution is 2.44. The molecule has 7 nitrogen and oxygen atoms in total. The Morgan fingerprint density at radius 3 is 2.61 bits per heavy atom. The lowest BCUT2D eigenvalue weighted by molar-refractivity contribution is -0.160. The maximum atomic E-state index is 12.5. The van der Waals surface area contributed by atoms with Gasteiger partial charge in [0.05, 0.1) is 29.0 Å². The summed E-state index contributed by atoms with van der Waals surface area (Å²) in [5.74, 6) is -0.378. The van der Waals surface area contributed by atoms with Crippen LogP contribution in [0.2, 0.25) is 5.02 Å². The first-order valence-electron chi connectivity index (χ1n) is 12.3. The van der Waals surface area contributed by atoms with Crippen LogP contribution in [-0.4, -0.2) is 44.8 Å². The van der Waals surface area contributed by atoms with Gasteiger partial charge < -0.3 is 14.6 Å². The van der Waals surface area contributed by atoms with E-state index in [4.69, 9.17) is 31.0 Å². The van der Waals surface area contributed by atoms with Crippen molar-refractivity contribution in [3.8, 4) is 21.8 Å². The molecule has 0 fully saturated rings. The highest BCUT2D eigenvalue weighted by atomic mass is 35.5. The second-order valence-corrected chi connectivity index (χ2v) is 11.6. The smallest absolute Gasteiger partial charge is 0.337 e. The van der Waals surface area contributed by atoms with E-state index in [1.165, 1.54) is 11.3 Å². The van der Waals surface area contributed by atoms with E-state index in [1.54, 1.807) is 18.3 Å². The molecule has 38 heavy (non-hydrogen) atoms. The minimum Gasteiger partial charge on any atom is -0.479 e. The summed E-state index contributed by atoms with van der Waals surface area (Å²) >= 11 is 7.67. The van der Waals surface area contributed by atoms with Crippen molar-refractivity contribution in [3.05, 3.63) is 70.6 Å². The molecule has 3 heterocycles. The first-order valence-corrected chi connectivity index (χ1v) is 13.5. The molecule has 0 saturated heterocycles. The van der Waals surface area contributed by atoms with Crippen LogP contribution >= 0.6 is 22.9 Å². The number of aliphatic carboxylic acids is 1. The Morgan fingerprint density at radius 1 is 1.18 bits per heavy atom. The lowest BCUT2D eigenvalue weighted by Gasteiger charge is -2.28. The molecular weight excluding hydrogens is 522 g/mol. The lowest BCUT2D eigenvalue weighted by atomic mass is 9.91. The third kappa shape index (κ3) is 5.49. The van der Waals surface area contributed by atoms with Gasteiger partial charge in [-0.3, -0.25) is 0 Å². The number of hydrogen-bond donors (Lipinski definition) is 1. The Bertz CT molecular complexity index is 1540. The Labute approximate surface area is 230 Å². The van der Waals surface area contributed by atoms with Gasteiger partial charge in [-0.25, -0.2) is 19.7 Å². The molecule has 9 heteroatoms. The normalized spacial score (nSPS) is 14.9. The Hall–Kier alpha value is -3.17. The predicted octanol–water partition coefficient (Wildman–Crippen LogP) is 7.13. The number of ether oxygens (including phenoxy) is 2. The first-order chi connectivity index (χ1) is 18.1. The summed E-state index contributed by atoms with van der Waals surface area (Å²) in [6, 6.07) is 11.2. The Balaban J connectivity index is 1.72. The summed E-state index contributed by atoms with van der Waals surface area (Å²) in [5.41, 5.74) is 4.87. The zero-order valence-electron chi connectivity index (χ0n) is 21.6. The van der Waals surface area contributed by atoms with Gasteiger partial charge in [0, 0.05) is 22.3 Å². The van der Waals surface area contributed by atoms with E-state index < -0.39 is 17.7 Å². The van der Waals surface area contributed by atoms with Crippen molar-refractivity contribution in [3.63, 3.8) is 0 Å². The van der Waals surface area contributed by atoms with E-state index in [2.05, 4.69) is 4.98 Å². The van der Waals surface area contributed by atoms with Crippen LogP contribution in [0.5, 0.6) is 0 Å². The van der Waals surface area contributed by atoms with Crippen molar-refractivity contribution < 1.29 is 19.4 Å². The molecule has 0 radical (unpaired) electrons. The number of carbonyl (C=O) groups is 1. The van der Waals surface area contributed by atoms with Gasteiger partial charge in [-0.05, 0) is 75.1 Å². The molecule has 0 spiro atoms. The van der Waals surface area contributed by atoms with Crippen molar-refractivity contribution >= 4 is 44.7 Å². The monoisotopic (exact) mass is 549 g/mol. The van der Waals surface area contributed by atoms with E-state index in [9.17, 15) is 9.90 Å². The number of aryl methyl sites for hydroxylation is 1. The highest BCUT2D eigenvalue weighted by molar-refractivity contribution is 7.22. The summed E-state index contributed by atoms with van der Waals surface area (Å²) in [6.07, 6.45) is 3.35. The fourth-order valence-corrected chi connectivity index (χ4v) is 5.73. The molecule has 196 valence electrons. The number of aromatic nitrogens is 3. The average Bonchev–Trinajstić information content (AvgIpc) is 3.31. The minimum atomic E-state index is -1.17. The topological polar surface area (TPSA) is 94.4 Å². The molecule has 2 aromatic heterocycles. The number of carboxylic acid groups (broad SMARTS) is 1. The molecule has 0 bridgehead atoms. The fraction of sp³-hybridized carbons (Fsp3) is 0.310. The third-order valence-corrected chi connectivity index (χ3v) is 7.51. The second kappa shape index (κ2) is 10.5. The number of rotatable bonds is 6. The predicted molar refractivity (Wildman–Crippen MR) is 150 cm³/mol. The van der Waals surface area contributed by atoms with Crippen LogP contribution in [0.3, 0.4) is 0 Å². The number of thiazole rings is 1. The first kappa shape index (κ1) is 26.4. The molecule has 1 atom stereocenters. The van der Waals surface area contributed by atoms with Gasteiger partial charge in [-0.1, -0.05) is 29.8 Å². The van der Waals surface area contributed by atoms with Crippen LogP contribution in [0.25, 0.3) is 37.6 Å².